The number of aliphatic hydroxyl groups excluding tert-OH is 1. The number of likely N-dealkylation sites (tertiary alicyclic amines) is 1. The SMILES string of the molecule is CC1(C)[C@@H]2[C@@H](C(=O)N[C@@H](C[C@@H]3CCNC3=O)C(=O)COC(F)(F)F)N(C(=O)[C@@H](O)c3ccccc3)C[C@@H]21. The number of rotatable bonds is 9. The Kier molecular flexibility index (Phi) is 7.35. The predicted molar refractivity (Wildman–Crippen MR) is 122 cm³/mol. The zero-order valence-corrected chi connectivity index (χ0v) is 20.5. The number of ketones is 1. The lowest BCUT2D eigenvalue weighted by Gasteiger charge is -2.32. The van der Waals surface area contributed by atoms with E-state index in [2.05, 4.69) is 15.4 Å². The summed E-state index contributed by atoms with van der Waals surface area (Å²) < 4.78 is 41.3. The third-order valence-corrected chi connectivity index (χ3v) is 7.88. The summed E-state index contributed by atoms with van der Waals surface area (Å²) in [7, 11) is 0. The van der Waals surface area contributed by atoms with Gasteiger partial charge >= 0.3 is 6.36 Å². The third-order valence-electron chi connectivity index (χ3n) is 7.88. The summed E-state index contributed by atoms with van der Waals surface area (Å²) in [6, 6.07) is 5.79. The van der Waals surface area contributed by atoms with Crippen molar-refractivity contribution in [1.29, 1.82) is 0 Å². The second-order valence-corrected chi connectivity index (χ2v) is 10.5. The van der Waals surface area contributed by atoms with Gasteiger partial charge < -0.3 is 20.6 Å². The molecule has 202 valence electrons. The standard InChI is InChI=1S/C25H30F3N3O6/c1-24(2)15-11-31(23(36)20(33)13-6-4-3-5-7-13)19(18(15)24)22(35)30-16(10-14-8-9-29-21(14)34)17(32)12-37-25(26,27)28/h3-7,14-16,18-20,33H,8-12H2,1-2H3,(H,29,34)(H,30,35)/t14-,15-,16-,18-,19-,20-/m0/s1. The van der Waals surface area contributed by atoms with Gasteiger partial charge in [-0.05, 0) is 35.7 Å². The second kappa shape index (κ2) is 10.1. The van der Waals surface area contributed by atoms with Gasteiger partial charge in [0.05, 0.1) is 6.04 Å². The number of carbonyl (C=O) groups is 4. The van der Waals surface area contributed by atoms with Crippen LogP contribution in [0.3, 0.4) is 0 Å². The number of piperidine rings is 1. The van der Waals surface area contributed by atoms with E-state index < -0.39 is 54.7 Å². The van der Waals surface area contributed by atoms with Crippen LogP contribution in [0.2, 0.25) is 0 Å². The molecule has 9 nitrogen and oxygen atoms in total. The fourth-order valence-corrected chi connectivity index (χ4v) is 5.68. The normalized spacial score (nSPS) is 27.7. The number of aliphatic hydroxyl groups is 1. The molecule has 3 aliphatic rings. The quantitative estimate of drug-likeness (QED) is 0.447. The minimum absolute atomic E-state index is 0.0153. The van der Waals surface area contributed by atoms with E-state index in [1.807, 2.05) is 13.8 Å². The first kappa shape index (κ1) is 27.1. The number of nitrogens with one attached hydrogen (secondary N) is 2. The van der Waals surface area contributed by atoms with Crippen molar-refractivity contribution in [2.45, 2.75) is 51.2 Å². The number of benzene rings is 1. The maximum Gasteiger partial charge on any atom is 0.522 e. The number of amides is 3. The molecule has 1 aromatic rings. The molecule has 2 aliphatic heterocycles. The smallest absolute Gasteiger partial charge is 0.378 e. The Morgan fingerprint density at radius 2 is 1.92 bits per heavy atom. The average Bonchev–Trinajstić information content (AvgIpc) is 3.20. The average molecular weight is 526 g/mol. The molecule has 1 aromatic carbocycles. The van der Waals surface area contributed by atoms with Gasteiger partial charge in [0.1, 0.15) is 12.6 Å². The summed E-state index contributed by atoms with van der Waals surface area (Å²) in [4.78, 5) is 52.7. The van der Waals surface area contributed by atoms with Crippen molar-refractivity contribution in [3.8, 4) is 0 Å². The molecule has 0 radical (unpaired) electrons. The summed E-state index contributed by atoms with van der Waals surface area (Å²) in [5.41, 5.74) is 0.0804. The summed E-state index contributed by atoms with van der Waals surface area (Å²) >= 11 is 0. The maximum absolute atomic E-state index is 13.5. The first-order valence-corrected chi connectivity index (χ1v) is 12.2. The summed E-state index contributed by atoms with van der Waals surface area (Å²) in [6.07, 6.45) is -6.37. The van der Waals surface area contributed by atoms with Crippen LogP contribution in [0.1, 0.15) is 38.4 Å². The van der Waals surface area contributed by atoms with Gasteiger partial charge in [0.2, 0.25) is 11.8 Å². The highest BCUT2D eigenvalue weighted by molar-refractivity contribution is 5.95. The maximum atomic E-state index is 13.5. The van der Waals surface area contributed by atoms with Crippen LogP contribution < -0.4 is 10.6 Å². The Hall–Kier alpha value is -2.99. The first-order chi connectivity index (χ1) is 17.3. The fourth-order valence-electron chi connectivity index (χ4n) is 5.68. The number of ether oxygens (including phenoxy) is 1. The molecule has 2 saturated heterocycles. The Labute approximate surface area is 211 Å². The lowest BCUT2D eigenvalue weighted by atomic mass is 9.94. The van der Waals surface area contributed by atoms with Crippen molar-refractivity contribution < 1.29 is 42.2 Å². The number of halogens is 3. The first-order valence-electron chi connectivity index (χ1n) is 12.2. The van der Waals surface area contributed by atoms with Crippen molar-refractivity contribution in [3.05, 3.63) is 35.9 Å². The number of nitrogens with zero attached hydrogens (tertiary/aromatic N) is 1. The van der Waals surface area contributed by atoms with Gasteiger partial charge in [0, 0.05) is 19.0 Å². The van der Waals surface area contributed by atoms with E-state index in [1.54, 1.807) is 30.3 Å². The minimum Gasteiger partial charge on any atom is -0.378 e. The topological polar surface area (TPSA) is 125 Å². The van der Waals surface area contributed by atoms with Crippen molar-refractivity contribution in [2.24, 2.45) is 23.2 Å². The molecule has 2 heterocycles. The van der Waals surface area contributed by atoms with Crippen molar-refractivity contribution in [2.75, 3.05) is 19.7 Å². The molecule has 37 heavy (non-hydrogen) atoms. The van der Waals surface area contributed by atoms with Gasteiger partial charge in [-0.15, -0.1) is 13.2 Å². The number of alkyl halides is 3. The van der Waals surface area contributed by atoms with Crippen LogP contribution >= 0.6 is 0 Å². The van der Waals surface area contributed by atoms with Crippen molar-refractivity contribution >= 4 is 23.5 Å². The highest BCUT2D eigenvalue weighted by atomic mass is 19.4. The summed E-state index contributed by atoms with van der Waals surface area (Å²) in [5.74, 6) is -3.70. The van der Waals surface area contributed by atoms with E-state index in [0.29, 0.717) is 18.5 Å². The molecule has 1 saturated carbocycles. The van der Waals surface area contributed by atoms with Gasteiger partial charge in [-0.1, -0.05) is 44.2 Å². The molecule has 3 fully saturated rings. The van der Waals surface area contributed by atoms with E-state index in [0.717, 1.165) is 0 Å². The fraction of sp³-hybridized carbons (Fsp3) is 0.600. The molecule has 0 spiro atoms. The van der Waals surface area contributed by atoms with Crippen LogP contribution in [0.4, 0.5) is 13.2 Å². The zero-order chi connectivity index (χ0) is 27.1. The van der Waals surface area contributed by atoms with Crippen LogP contribution in [0, 0.1) is 23.2 Å². The van der Waals surface area contributed by atoms with E-state index in [9.17, 15) is 37.5 Å². The molecule has 6 atom stereocenters. The Balaban J connectivity index is 1.53. The molecule has 3 N–H and O–H groups in total. The summed E-state index contributed by atoms with van der Waals surface area (Å²) in [6.45, 7) is 3.15. The molecule has 0 unspecified atom stereocenters. The van der Waals surface area contributed by atoms with E-state index >= 15 is 0 Å². The third kappa shape index (κ3) is 5.64. The summed E-state index contributed by atoms with van der Waals surface area (Å²) in [5, 5.41) is 15.8. The molecule has 1 aliphatic carbocycles. The minimum atomic E-state index is -5.04. The Morgan fingerprint density at radius 1 is 1.24 bits per heavy atom. The molecule has 4 rings (SSSR count). The Bertz CT molecular complexity index is 1060. The zero-order valence-electron chi connectivity index (χ0n) is 20.5. The van der Waals surface area contributed by atoms with Crippen molar-refractivity contribution in [3.63, 3.8) is 0 Å². The van der Waals surface area contributed by atoms with Crippen LogP contribution in [0.5, 0.6) is 0 Å². The van der Waals surface area contributed by atoms with Gasteiger partial charge in [0.25, 0.3) is 5.91 Å². The largest absolute Gasteiger partial charge is 0.522 e. The predicted octanol–water partition coefficient (Wildman–Crippen LogP) is 1.32. The van der Waals surface area contributed by atoms with Gasteiger partial charge in [-0.2, -0.15) is 0 Å². The van der Waals surface area contributed by atoms with Crippen LogP contribution in [0.25, 0.3) is 0 Å². The molecule has 0 bridgehead atoms. The monoisotopic (exact) mass is 525 g/mol. The van der Waals surface area contributed by atoms with Gasteiger partial charge in [-0.25, -0.2) is 0 Å². The van der Waals surface area contributed by atoms with E-state index in [4.69, 9.17) is 0 Å². The van der Waals surface area contributed by atoms with Gasteiger partial charge in [-0.3, -0.25) is 23.9 Å². The highest BCUT2D eigenvalue weighted by Crippen LogP contribution is 2.65. The molecular formula is C25H30F3N3O6. The van der Waals surface area contributed by atoms with Crippen LogP contribution in [-0.2, 0) is 23.9 Å². The van der Waals surface area contributed by atoms with Crippen molar-refractivity contribution in [1.82, 2.24) is 15.5 Å². The van der Waals surface area contributed by atoms with Crippen LogP contribution in [0.15, 0.2) is 30.3 Å². The lowest BCUT2D eigenvalue weighted by Crippen LogP contribution is -2.55. The van der Waals surface area contributed by atoms with Gasteiger partial charge in [0.15, 0.2) is 11.9 Å². The molecular weight excluding hydrogens is 495 g/mol. The molecule has 12 heteroatoms. The van der Waals surface area contributed by atoms with E-state index in [-0.39, 0.29) is 36.1 Å². The number of fused-ring (bicyclic) bond motifs is 1. The highest BCUT2D eigenvalue weighted by Gasteiger charge is 2.69. The lowest BCUT2D eigenvalue weighted by molar-refractivity contribution is -0.321. The number of hydrogen-bond acceptors (Lipinski definition) is 6. The van der Waals surface area contributed by atoms with Crippen LogP contribution in [-0.4, -0.2) is 71.7 Å². The van der Waals surface area contributed by atoms with E-state index in [1.165, 1.54) is 4.90 Å². The number of carbonyl (C=O) groups excluding carboxylic acids is 4. The Morgan fingerprint density at radius 3 is 2.51 bits per heavy atom. The second-order valence-electron chi connectivity index (χ2n) is 10.5. The molecule has 3 amide bonds. The number of hydrogen-bond donors (Lipinski definition) is 3. The number of Topliss-reactive ketones (excluding diaryl/α,β-unsaturated/α-hetero) is 1. The molecule has 0 aromatic heterocycles.